The van der Waals surface area contributed by atoms with Crippen LogP contribution in [0.15, 0.2) is 0 Å². The second-order valence-corrected chi connectivity index (χ2v) is 2.97. The number of hydrogen-bond acceptors (Lipinski definition) is 0. The second-order valence-electron chi connectivity index (χ2n) is 2.97. The van der Waals surface area contributed by atoms with Crippen molar-refractivity contribution in [3.63, 3.8) is 0 Å². The fraction of sp³-hybridized carbons (Fsp3) is 0.778. The summed E-state index contributed by atoms with van der Waals surface area (Å²) in [6.45, 7) is 0. The molecule has 1 fully saturated rings. The SMILES string of the molecule is [2H]C12C#CCCCCC1C2. The fourth-order valence-corrected chi connectivity index (χ4v) is 1.42. The summed E-state index contributed by atoms with van der Waals surface area (Å²) in [6.07, 6.45) is 5.85. The van der Waals surface area contributed by atoms with Gasteiger partial charge in [0, 0.05) is 13.7 Å². The van der Waals surface area contributed by atoms with Gasteiger partial charge >= 0.3 is 0 Å². The molecular weight excluding hydrogens is 108 g/mol. The molecule has 2 unspecified atom stereocenters. The molecule has 0 amide bonds. The van der Waals surface area contributed by atoms with Crippen molar-refractivity contribution in [3.05, 3.63) is 0 Å². The molecule has 1 saturated carbocycles. The van der Waals surface area contributed by atoms with Gasteiger partial charge in [-0.15, -0.1) is 5.92 Å². The molecule has 2 rings (SSSR count). The molecule has 2 aliphatic carbocycles. The van der Waals surface area contributed by atoms with E-state index < -0.39 is 0 Å². The molecule has 0 aromatic heterocycles. The maximum atomic E-state index is 7.76. The molecule has 48 valence electrons. The van der Waals surface area contributed by atoms with E-state index in [2.05, 4.69) is 11.8 Å². The average molecular weight is 121 g/mol. The lowest BCUT2D eigenvalue weighted by Crippen LogP contribution is -1.84. The van der Waals surface area contributed by atoms with Crippen molar-refractivity contribution in [2.75, 3.05) is 0 Å². The molecule has 0 N–H and O–H groups in total. The van der Waals surface area contributed by atoms with Crippen LogP contribution in [0.25, 0.3) is 0 Å². The Kier molecular flexibility index (Phi) is 1.01. The summed E-state index contributed by atoms with van der Waals surface area (Å²) < 4.78 is 7.76. The van der Waals surface area contributed by atoms with Gasteiger partial charge in [-0.05, 0) is 25.2 Å². The van der Waals surface area contributed by atoms with E-state index in [4.69, 9.17) is 1.37 Å². The molecule has 0 aromatic rings. The van der Waals surface area contributed by atoms with Crippen LogP contribution in [0.2, 0.25) is 0 Å². The van der Waals surface area contributed by atoms with Crippen molar-refractivity contribution in [1.29, 1.82) is 0 Å². The first kappa shape index (κ1) is 4.39. The monoisotopic (exact) mass is 121 g/mol. The number of hydrogen-bond donors (Lipinski definition) is 0. The van der Waals surface area contributed by atoms with Crippen molar-refractivity contribution in [1.82, 2.24) is 0 Å². The summed E-state index contributed by atoms with van der Waals surface area (Å²) in [7, 11) is 0. The molecule has 0 aromatic carbocycles. The smallest absolute Gasteiger partial charge is 0.0442 e. The van der Waals surface area contributed by atoms with Gasteiger partial charge in [0.2, 0.25) is 0 Å². The van der Waals surface area contributed by atoms with Crippen LogP contribution in [0.4, 0.5) is 0 Å². The van der Waals surface area contributed by atoms with Crippen LogP contribution in [0.5, 0.6) is 0 Å². The van der Waals surface area contributed by atoms with Gasteiger partial charge in [0.25, 0.3) is 0 Å². The predicted molar refractivity (Wildman–Crippen MR) is 37.8 cm³/mol. The normalized spacial score (nSPS) is 48.9. The zero-order valence-corrected chi connectivity index (χ0v) is 5.61. The third-order valence-electron chi connectivity index (χ3n) is 2.15. The Morgan fingerprint density at radius 3 is 3.44 bits per heavy atom. The Morgan fingerprint density at radius 2 is 2.44 bits per heavy atom. The van der Waals surface area contributed by atoms with E-state index >= 15 is 0 Å². The number of fused-ring (bicyclic) bond motifs is 1. The summed E-state index contributed by atoms with van der Waals surface area (Å²) >= 11 is 0. The molecule has 0 heteroatoms. The van der Waals surface area contributed by atoms with Gasteiger partial charge in [-0.1, -0.05) is 12.3 Å². The van der Waals surface area contributed by atoms with Gasteiger partial charge in [0.15, 0.2) is 0 Å². The van der Waals surface area contributed by atoms with E-state index in [-0.39, 0.29) is 5.89 Å². The van der Waals surface area contributed by atoms with Crippen LogP contribution in [0.1, 0.15) is 33.5 Å². The Balaban J connectivity index is 2.11. The van der Waals surface area contributed by atoms with Gasteiger partial charge in [0.1, 0.15) is 0 Å². The molecular formula is C9H12. The Hall–Kier alpha value is -0.440. The van der Waals surface area contributed by atoms with Crippen molar-refractivity contribution in [2.24, 2.45) is 11.8 Å². The highest BCUT2D eigenvalue weighted by Gasteiger charge is 2.34. The standard InChI is InChI=1S/C9H12/c1-2-4-6-9-7-8(9)5-3-1/h8-9H,1-3,5,7H2/i9D. The van der Waals surface area contributed by atoms with Gasteiger partial charge in [-0.3, -0.25) is 0 Å². The summed E-state index contributed by atoms with van der Waals surface area (Å²) in [6, 6.07) is 0. The molecule has 0 bridgehead atoms. The highest BCUT2D eigenvalue weighted by atomic mass is 14.4. The lowest BCUT2D eigenvalue weighted by atomic mass is 10.1. The van der Waals surface area contributed by atoms with E-state index in [1.807, 2.05) is 0 Å². The molecule has 9 heavy (non-hydrogen) atoms. The first-order valence-corrected chi connectivity index (χ1v) is 3.81. The lowest BCUT2D eigenvalue weighted by molar-refractivity contribution is 0.616. The van der Waals surface area contributed by atoms with Gasteiger partial charge in [-0.2, -0.15) is 0 Å². The lowest BCUT2D eigenvalue weighted by Gasteiger charge is -1.97. The van der Waals surface area contributed by atoms with E-state index in [0.717, 1.165) is 12.8 Å². The van der Waals surface area contributed by atoms with Crippen LogP contribution >= 0.6 is 0 Å². The molecule has 0 spiro atoms. The minimum atomic E-state index is -0.291. The van der Waals surface area contributed by atoms with Crippen molar-refractivity contribution >= 4 is 0 Å². The van der Waals surface area contributed by atoms with Crippen molar-refractivity contribution in [2.45, 2.75) is 32.1 Å². The Labute approximate surface area is 58.1 Å². The van der Waals surface area contributed by atoms with Crippen LogP contribution in [-0.4, -0.2) is 0 Å². The van der Waals surface area contributed by atoms with Crippen molar-refractivity contribution < 1.29 is 1.37 Å². The van der Waals surface area contributed by atoms with Gasteiger partial charge in [0.05, 0.1) is 0 Å². The van der Waals surface area contributed by atoms with Gasteiger partial charge in [-0.25, -0.2) is 0 Å². The summed E-state index contributed by atoms with van der Waals surface area (Å²) in [4.78, 5) is 0. The summed E-state index contributed by atoms with van der Waals surface area (Å²) in [5, 5.41) is 0. The summed E-state index contributed by atoms with van der Waals surface area (Å²) in [5.74, 6) is 6.47. The molecule has 2 aliphatic rings. The van der Waals surface area contributed by atoms with Crippen LogP contribution in [0, 0.1) is 23.7 Å². The first-order valence-electron chi connectivity index (χ1n) is 4.31. The van der Waals surface area contributed by atoms with Gasteiger partial charge < -0.3 is 0 Å². The third-order valence-corrected chi connectivity index (χ3v) is 2.15. The molecule has 2 atom stereocenters. The van der Waals surface area contributed by atoms with E-state index in [0.29, 0.717) is 5.92 Å². The van der Waals surface area contributed by atoms with Crippen LogP contribution in [-0.2, 0) is 0 Å². The highest BCUT2D eigenvalue weighted by molar-refractivity contribution is 5.13. The molecule has 0 radical (unpaired) electrons. The van der Waals surface area contributed by atoms with Crippen molar-refractivity contribution in [3.8, 4) is 11.8 Å². The largest absolute Gasteiger partial charge is 0.103 e. The third kappa shape index (κ3) is 1.10. The molecule has 0 saturated heterocycles. The second kappa shape index (κ2) is 2.06. The molecule has 0 nitrogen and oxygen atoms in total. The summed E-state index contributed by atoms with van der Waals surface area (Å²) in [5.41, 5.74) is 0. The van der Waals surface area contributed by atoms with E-state index in [1.54, 1.807) is 0 Å². The predicted octanol–water partition coefficient (Wildman–Crippen LogP) is 2.20. The number of rotatable bonds is 0. The average Bonchev–Trinajstić information content (AvgIpc) is 2.44. The van der Waals surface area contributed by atoms with Crippen LogP contribution in [0.3, 0.4) is 0 Å². The maximum absolute atomic E-state index is 7.76. The quantitative estimate of drug-likeness (QED) is 0.431. The zero-order chi connectivity index (χ0) is 7.03. The zero-order valence-electron chi connectivity index (χ0n) is 6.61. The highest BCUT2D eigenvalue weighted by Crippen LogP contribution is 2.42. The topological polar surface area (TPSA) is 0 Å². The van der Waals surface area contributed by atoms with E-state index in [9.17, 15) is 0 Å². The molecule has 0 aliphatic heterocycles. The van der Waals surface area contributed by atoms with E-state index in [1.165, 1.54) is 19.3 Å². The minimum Gasteiger partial charge on any atom is -0.103 e. The molecule has 0 heterocycles. The fourth-order valence-electron chi connectivity index (χ4n) is 1.42. The Morgan fingerprint density at radius 1 is 1.44 bits per heavy atom. The Bertz CT molecular complexity index is 199. The minimum absolute atomic E-state index is 0.291. The van der Waals surface area contributed by atoms with Crippen LogP contribution < -0.4 is 0 Å². The first-order chi connectivity index (χ1) is 4.81. The maximum Gasteiger partial charge on any atom is 0.0442 e.